The Morgan fingerprint density at radius 3 is 2.40 bits per heavy atom. The molecule has 0 saturated carbocycles. The third-order valence-electron chi connectivity index (χ3n) is 5.55. The number of amides is 1. The molecule has 0 aliphatic rings. The molecule has 0 aliphatic carbocycles. The van der Waals surface area contributed by atoms with Crippen LogP contribution in [0.3, 0.4) is 0 Å². The average molecular weight is 494 g/mol. The van der Waals surface area contributed by atoms with Gasteiger partial charge in [0.1, 0.15) is 11.6 Å². The van der Waals surface area contributed by atoms with Crippen molar-refractivity contribution in [3.63, 3.8) is 0 Å². The van der Waals surface area contributed by atoms with E-state index >= 15 is 0 Å². The van der Waals surface area contributed by atoms with Crippen molar-refractivity contribution < 1.29 is 14.3 Å². The van der Waals surface area contributed by atoms with Crippen molar-refractivity contribution in [2.24, 2.45) is 0 Å². The Balaban J connectivity index is 1.77. The molecule has 35 heavy (non-hydrogen) atoms. The van der Waals surface area contributed by atoms with Gasteiger partial charge in [-0.05, 0) is 54.6 Å². The Kier molecular flexibility index (Phi) is 7.04. The molecule has 180 valence electrons. The number of aromatic hydroxyl groups is 1. The van der Waals surface area contributed by atoms with E-state index < -0.39 is 5.82 Å². The van der Waals surface area contributed by atoms with Crippen LogP contribution in [0.5, 0.6) is 5.75 Å². The molecule has 0 aliphatic heterocycles. The van der Waals surface area contributed by atoms with Crippen LogP contribution in [0.4, 0.5) is 10.1 Å². The molecule has 9 heteroatoms. The van der Waals surface area contributed by atoms with Gasteiger partial charge < -0.3 is 15.3 Å². The summed E-state index contributed by atoms with van der Waals surface area (Å²) < 4.78 is 14.7. The maximum atomic E-state index is 14.7. The zero-order valence-corrected chi connectivity index (χ0v) is 20.3. The first kappa shape index (κ1) is 24.3. The molecule has 0 fully saturated rings. The van der Waals surface area contributed by atoms with E-state index in [9.17, 15) is 14.3 Å². The lowest BCUT2D eigenvalue weighted by Gasteiger charge is -2.17. The van der Waals surface area contributed by atoms with Gasteiger partial charge in [-0.1, -0.05) is 23.7 Å². The maximum Gasteiger partial charge on any atom is 0.218 e. The predicted molar refractivity (Wildman–Crippen MR) is 138 cm³/mol. The fourth-order valence-electron chi connectivity index (χ4n) is 3.84. The van der Waals surface area contributed by atoms with Gasteiger partial charge in [-0.25, -0.2) is 4.39 Å². The first-order chi connectivity index (χ1) is 16.8. The number of H-pyrrole nitrogens is 1. The number of hydrogen-bond acceptors (Lipinski definition) is 5. The van der Waals surface area contributed by atoms with E-state index in [0.717, 1.165) is 16.6 Å². The van der Waals surface area contributed by atoms with Crippen LogP contribution in [0.1, 0.15) is 5.69 Å². The number of phenols is 1. The number of nitrogens with zero attached hydrogens (tertiary/aromatic N) is 3. The van der Waals surface area contributed by atoms with Crippen LogP contribution in [0.2, 0.25) is 5.02 Å². The molecule has 1 heterocycles. The molecular formula is C26H25ClFN5O2. The van der Waals surface area contributed by atoms with Crippen LogP contribution in [-0.4, -0.2) is 47.8 Å². The second-order valence-electron chi connectivity index (χ2n) is 8.25. The highest BCUT2D eigenvalue weighted by molar-refractivity contribution is 6.34. The molecule has 3 N–H and O–H groups in total. The monoisotopic (exact) mass is 493 g/mol. The van der Waals surface area contributed by atoms with Gasteiger partial charge in [0.2, 0.25) is 6.41 Å². The standard InChI is InChI=1S/C26H25ClFN5O2/c1-29-14-24-21-10-16(4-6-23(21)30-31-24)19-12-18(28)13-20(26(19)35)17-5-7-25(22(27)11-17)33(15-34)9-8-32(2)3/h4-13,15,29,35H,14H2,1-3H3,(H,30,31)/b9-8-. The minimum atomic E-state index is -0.501. The molecular weight excluding hydrogens is 469 g/mol. The van der Waals surface area contributed by atoms with E-state index in [1.54, 1.807) is 41.6 Å². The highest BCUT2D eigenvalue weighted by Gasteiger charge is 2.17. The van der Waals surface area contributed by atoms with Crippen molar-refractivity contribution in [3.8, 4) is 28.0 Å². The molecule has 0 atom stereocenters. The lowest BCUT2D eigenvalue weighted by Crippen LogP contribution is -2.15. The van der Waals surface area contributed by atoms with Gasteiger partial charge in [-0.3, -0.25) is 14.8 Å². The highest BCUT2D eigenvalue weighted by atomic mass is 35.5. The summed E-state index contributed by atoms with van der Waals surface area (Å²) in [5.74, 6) is -0.577. The Morgan fingerprint density at radius 1 is 1.09 bits per heavy atom. The number of hydrogen-bond donors (Lipinski definition) is 3. The van der Waals surface area contributed by atoms with E-state index in [1.165, 1.54) is 17.0 Å². The molecule has 0 bridgehead atoms. The van der Waals surface area contributed by atoms with Crippen molar-refractivity contribution in [2.45, 2.75) is 6.54 Å². The highest BCUT2D eigenvalue weighted by Crippen LogP contribution is 2.41. The van der Waals surface area contributed by atoms with Crippen LogP contribution in [0, 0.1) is 5.82 Å². The summed E-state index contributed by atoms with van der Waals surface area (Å²) in [6.45, 7) is 0.566. The molecule has 0 radical (unpaired) electrons. The van der Waals surface area contributed by atoms with Crippen LogP contribution < -0.4 is 10.2 Å². The normalized spacial score (nSPS) is 11.3. The van der Waals surface area contributed by atoms with E-state index in [4.69, 9.17) is 11.6 Å². The molecule has 4 aromatic rings. The lowest BCUT2D eigenvalue weighted by atomic mass is 9.96. The van der Waals surface area contributed by atoms with E-state index in [-0.39, 0.29) is 16.3 Å². The zero-order chi connectivity index (χ0) is 25.1. The minimum absolute atomic E-state index is 0.0759. The SMILES string of the molecule is CNCc1n[nH]c2ccc(-c3cc(F)cc(-c4ccc(N(C=O)/C=C\N(C)C)c(Cl)c4)c3O)cc12. The number of halogens is 2. The van der Waals surface area contributed by atoms with Crippen LogP contribution in [0.25, 0.3) is 33.2 Å². The summed E-state index contributed by atoms with van der Waals surface area (Å²) in [5, 5.41) is 22.7. The predicted octanol–water partition coefficient (Wildman–Crippen LogP) is 5.11. The number of aromatic amines is 1. The fourth-order valence-corrected chi connectivity index (χ4v) is 4.12. The van der Waals surface area contributed by atoms with Crippen molar-refractivity contribution in [2.75, 3.05) is 26.0 Å². The minimum Gasteiger partial charge on any atom is -0.507 e. The Bertz CT molecular complexity index is 1420. The molecule has 4 rings (SSSR count). The number of rotatable bonds is 8. The summed E-state index contributed by atoms with van der Waals surface area (Å²) in [4.78, 5) is 14.7. The van der Waals surface area contributed by atoms with Crippen molar-refractivity contribution in [3.05, 3.63) is 77.5 Å². The van der Waals surface area contributed by atoms with Gasteiger partial charge in [-0.2, -0.15) is 5.10 Å². The quantitative estimate of drug-likeness (QED) is 0.297. The Morgan fingerprint density at radius 2 is 1.77 bits per heavy atom. The number of carbonyl (C=O) groups excluding carboxylic acids is 1. The number of nitrogens with one attached hydrogen (secondary N) is 2. The van der Waals surface area contributed by atoms with Gasteiger partial charge >= 0.3 is 0 Å². The van der Waals surface area contributed by atoms with E-state index in [2.05, 4.69) is 15.5 Å². The smallest absolute Gasteiger partial charge is 0.218 e. The van der Waals surface area contributed by atoms with Crippen LogP contribution in [0.15, 0.2) is 60.9 Å². The van der Waals surface area contributed by atoms with E-state index in [1.807, 2.05) is 33.3 Å². The number of anilines is 1. The second kappa shape index (κ2) is 10.2. The summed E-state index contributed by atoms with van der Waals surface area (Å²) >= 11 is 6.48. The molecule has 1 aromatic heterocycles. The van der Waals surface area contributed by atoms with Crippen LogP contribution in [-0.2, 0) is 11.3 Å². The summed E-state index contributed by atoms with van der Waals surface area (Å²) in [6, 6.07) is 13.0. The Hall–Kier alpha value is -3.88. The first-order valence-corrected chi connectivity index (χ1v) is 11.2. The number of carbonyl (C=O) groups is 1. The van der Waals surface area contributed by atoms with Crippen molar-refractivity contribution in [1.29, 1.82) is 0 Å². The summed E-state index contributed by atoms with van der Waals surface area (Å²) in [6.07, 6.45) is 3.94. The molecule has 0 unspecified atom stereocenters. The largest absolute Gasteiger partial charge is 0.507 e. The van der Waals surface area contributed by atoms with E-state index in [0.29, 0.717) is 35.3 Å². The van der Waals surface area contributed by atoms with Gasteiger partial charge in [0.05, 0.1) is 21.9 Å². The molecule has 0 spiro atoms. The molecule has 0 saturated heterocycles. The van der Waals surface area contributed by atoms with Gasteiger partial charge in [0.15, 0.2) is 0 Å². The van der Waals surface area contributed by atoms with Gasteiger partial charge in [0, 0.05) is 49.6 Å². The number of fused-ring (bicyclic) bond motifs is 1. The second-order valence-corrected chi connectivity index (χ2v) is 8.66. The third-order valence-corrected chi connectivity index (χ3v) is 5.85. The number of phenolic OH excluding ortho intramolecular Hbond substituents is 1. The maximum absolute atomic E-state index is 14.7. The zero-order valence-electron chi connectivity index (χ0n) is 19.5. The summed E-state index contributed by atoms with van der Waals surface area (Å²) in [7, 11) is 5.50. The van der Waals surface area contributed by atoms with Gasteiger partial charge in [0.25, 0.3) is 0 Å². The molecule has 1 amide bonds. The van der Waals surface area contributed by atoms with Crippen LogP contribution >= 0.6 is 11.6 Å². The third kappa shape index (κ3) is 4.99. The van der Waals surface area contributed by atoms with Crippen molar-refractivity contribution >= 4 is 34.6 Å². The lowest BCUT2D eigenvalue weighted by molar-refractivity contribution is -0.106. The Labute approximate surface area is 207 Å². The molecule has 3 aromatic carbocycles. The molecule has 7 nitrogen and oxygen atoms in total. The summed E-state index contributed by atoms with van der Waals surface area (Å²) in [5.41, 5.74) is 3.94. The fraction of sp³-hybridized carbons (Fsp3) is 0.154. The number of aromatic nitrogens is 2. The first-order valence-electron chi connectivity index (χ1n) is 10.8. The average Bonchev–Trinajstić information content (AvgIpc) is 3.23. The number of benzene rings is 3. The van der Waals surface area contributed by atoms with Gasteiger partial charge in [-0.15, -0.1) is 0 Å². The topological polar surface area (TPSA) is 84.5 Å². The van der Waals surface area contributed by atoms with Crippen molar-refractivity contribution in [1.82, 2.24) is 20.4 Å².